The van der Waals surface area contributed by atoms with Crippen LogP contribution in [0.1, 0.15) is 30.7 Å². The molecule has 92 valence electrons. The van der Waals surface area contributed by atoms with Gasteiger partial charge in [0.15, 0.2) is 0 Å². The summed E-state index contributed by atoms with van der Waals surface area (Å²) >= 11 is 0. The number of aromatic nitrogens is 2. The number of hydrogen-bond donors (Lipinski definition) is 1. The first kappa shape index (κ1) is 11.8. The predicted molar refractivity (Wildman–Crippen MR) is 64.1 cm³/mol. The summed E-state index contributed by atoms with van der Waals surface area (Å²) < 4.78 is 0. The number of anilines is 1. The van der Waals surface area contributed by atoms with Crippen LogP contribution in [-0.2, 0) is 4.79 Å². The van der Waals surface area contributed by atoms with Gasteiger partial charge < -0.3 is 10.0 Å². The van der Waals surface area contributed by atoms with Gasteiger partial charge in [-0.3, -0.25) is 0 Å². The third-order valence-corrected chi connectivity index (χ3v) is 3.02. The summed E-state index contributed by atoms with van der Waals surface area (Å²) in [5.74, 6) is -0.234. The molecule has 1 fully saturated rings. The molecular weight excluding hydrogens is 218 g/mol. The van der Waals surface area contributed by atoms with Crippen molar-refractivity contribution in [2.75, 3.05) is 11.4 Å². The molecule has 1 N–H and O–H groups in total. The van der Waals surface area contributed by atoms with Crippen molar-refractivity contribution in [3.63, 3.8) is 0 Å². The van der Waals surface area contributed by atoms with E-state index in [-0.39, 0.29) is 0 Å². The highest BCUT2D eigenvalue weighted by Gasteiger charge is 2.30. The van der Waals surface area contributed by atoms with Gasteiger partial charge >= 0.3 is 5.97 Å². The van der Waals surface area contributed by atoms with Crippen molar-refractivity contribution in [3.8, 4) is 0 Å². The van der Waals surface area contributed by atoms with Crippen LogP contribution < -0.4 is 4.90 Å². The zero-order valence-electron chi connectivity index (χ0n) is 10.2. The van der Waals surface area contributed by atoms with Crippen LogP contribution in [0.4, 0.5) is 5.95 Å². The van der Waals surface area contributed by atoms with Gasteiger partial charge in [-0.05, 0) is 39.2 Å². The van der Waals surface area contributed by atoms with E-state index in [2.05, 4.69) is 9.97 Å². The first-order valence-corrected chi connectivity index (χ1v) is 5.89. The number of carbonyl (C=O) groups is 1. The Morgan fingerprint density at radius 3 is 2.59 bits per heavy atom. The van der Waals surface area contributed by atoms with E-state index in [1.54, 1.807) is 0 Å². The van der Waals surface area contributed by atoms with E-state index < -0.39 is 12.0 Å². The van der Waals surface area contributed by atoms with Gasteiger partial charge in [0.05, 0.1) is 0 Å². The Morgan fingerprint density at radius 1 is 1.35 bits per heavy atom. The molecule has 0 bridgehead atoms. The van der Waals surface area contributed by atoms with Gasteiger partial charge in [-0.1, -0.05) is 0 Å². The molecule has 0 spiro atoms. The monoisotopic (exact) mass is 235 g/mol. The molecule has 0 saturated carbocycles. The highest BCUT2D eigenvalue weighted by molar-refractivity contribution is 5.77. The zero-order chi connectivity index (χ0) is 12.4. The van der Waals surface area contributed by atoms with Gasteiger partial charge in [0.25, 0.3) is 0 Å². The van der Waals surface area contributed by atoms with Crippen LogP contribution in [0.3, 0.4) is 0 Å². The number of carboxylic acids is 1. The normalized spacial score (nSPS) is 20.4. The Morgan fingerprint density at radius 2 is 2.00 bits per heavy atom. The van der Waals surface area contributed by atoms with Gasteiger partial charge in [-0.15, -0.1) is 0 Å². The summed E-state index contributed by atoms with van der Waals surface area (Å²) in [6.07, 6.45) is 2.63. The smallest absolute Gasteiger partial charge is 0.326 e. The third-order valence-electron chi connectivity index (χ3n) is 3.02. The van der Waals surface area contributed by atoms with Crippen molar-refractivity contribution in [1.29, 1.82) is 0 Å². The topological polar surface area (TPSA) is 66.3 Å². The standard InChI is InChI=1S/C12H17N3O2/c1-8-7-9(2)14-12(13-8)15-6-4-3-5-10(15)11(16)17/h7,10H,3-6H2,1-2H3,(H,16,17). The van der Waals surface area contributed by atoms with Crippen LogP contribution in [0, 0.1) is 13.8 Å². The number of nitrogens with zero attached hydrogens (tertiary/aromatic N) is 3. The molecular formula is C12H17N3O2. The van der Waals surface area contributed by atoms with E-state index in [1.807, 2.05) is 24.8 Å². The van der Waals surface area contributed by atoms with Crippen LogP contribution in [0.15, 0.2) is 6.07 Å². The lowest BCUT2D eigenvalue weighted by atomic mass is 10.0. The molecule has 1 aromatic heterocycles. The Kier molecular flexibility index (Phi) is 3.26. The van der Waals surface area contributed by atoms with Crippen LogP contribution in [-0.4, -0.2) is 33.6 Å². The van der Waals surface area contributed by atoms with Gasteiger partial charge in [0.2, 0.25) is 5.95 Å². The molecule has 1 aliphatic rings. The quantitative estimate of drug-likeness (QED) is 0.842. The lowest BCUT2D eigenvalue weighted by molar-refractivity contribution is -0.139. The molecule has 1 saturated heterocycles. The first-order chi connectivity index (χ1) is 8.08. The average Bonchev–Trinajstić information content (AvgIpc) is 2.27. The molecule has 1 atom stereocenters. The summed E-state index contributed by atoms with van der Waals surface area (Å²) in [4.78, 5) is 21.7. The van der Waals surface area contributed by atoms with E-state index in [0.717, 1.165) is 30.8 Å². The van der Waals surface area contributed by atoms with Crippen molar-refractivity contribution in [3.05, 3.63) is 17.5 Å². The van der Waals surface area contributed by atoms with Crippen LogP contribution in [0.2, 0.25) is 0 Å². The van der Waals surface area contributed by atoms with Crippen molar-refractivity contribution in [1.82, 2.24) is 9.97 Å². The van der Waals surface area contributed by atoms with E-state index in [4.69, 9.17) is 0 Å². The van der Waals surface area contributed by atoms with Gasteiger partial charge in [0, 0.05) is 17.9 Å². The minimum atomic E-state index is -0.785. The van der Waals surface area contributed by atoms with Crippen molar-refractivity contribution < 1.29 is 9.90 Å². The molecule has 17 heavy (non-hydrogen) atoms. The van der Waals surface area contributed by atoms with Crippen LogP contribution >= 0.6 is 0 Å². The van der Waals surface area contributed by atoms with Crippen molar-refractivity contribution >= 4 is 11.9 Å². The minimum Gasteiger partial charge on any atom is -0.480 e. The molecule has 2 rings (SSSR count). The lowest BCUT2D eigenvalue weighted by Gasteiger charge is -2.33. The summed E-state index contributed by atoms with van der Waals surface area (Å²) in [7, 11) is 0. The number of hydrogen-bond acceptors (Lipinski definition) is 4. The molecule has 0 aliphatic carbocycles. The average molecular weight is 235 g/mol. The van der Waals surface area contributed by atoms with E-state index in [0.29, 0.717) is 12.4 Å². The van der Waals surface area contributed by atoms with Crippen LogP contribution in [0.25, 0.3) is 0 Å². The summed E-state index contributed by atoms with van der Waals surface area (Å²) in [6.45, 7) is 4.52. The number of carboxylic acid groups (broad SMARTS) is 1. The molecule has 0 radical (unpaired) electrons. The van der Waals surface area contributed by atoms with Crippen molar-refractivity contribution in [2.24, 2.45) is 0 Å². The maximum Gasteiger partial charge on any atom is 0.326 e. The second-order valence-electron chi connectivity index (χ2n) is 4.49. The highest BCUT2D eigenvalue weighted by Crippen LogP contribution is 2.22. The number of aryl methyl sites for hydroxylation is 2. The SMILES string of the molecule is Cc1cc(C)nc(N2CCCCC2C(=O)O)n1. The Hall–Kier alpha value is -1.65. The maximum atomic E-state index is 11.2. The van der Waals surface area contributed by atoms with E-state index >= 15 is 0 Å². The minimum absolute atomic E-state index is 0.482. The third kappa shape index (κ3) is 2.54. The first-order valence-electron chi connectivity index (χ1n) is 5.89. The maximum absolute atomic E-state index is 11.2. The molecule has 1 aliphatic heterocycles. The highest BCUT2D eigenvalue weighted by atomic mass is 16.4. The van der Waals surface area contributed by atoms with Gasteiger partial charge in [-0.25, -0.2) is 14.8 Å². The number of piperidine rings is 1. The van der Waals surface area contributed by atoms with Gasteiger partial charge in [-0.2, -0.15) is 0 Å². The Labute approximate surface area is 100 Å². The van der Waals surface area contributed by atoms with E-state index in [9.17, 15) is 9.90 Å². The Bertz CT molecular complexity index is 414. The zero-order valence-corrected chi connectivity index (χ0v) is 10.2. The fourth-order valence-electron chi connectivity index (χ4n) is 2.26. The fraction of sp³-hybridized carbons (Fsp3) is 0.583. The molecule has 0 amide bonds. The predicted octanol–water partition coefficient (Wildman–Crippen LogP) is 1.54. The summed E-state index contributed by atoms with van der Waals surface area (Å²) in [5.41, 5.74) is 1.75. The van der Waals surface area contributed by atoms with Crippen LogP contribution in [0.5, 0.6) is 0 Å². The molecule has 5 nitrogen and oxygen atoms in total. The molecule has 1 unspecified atom stereocenters. The Balaban J connectivity index is 2.32. The second-order valence-corrected chi connectivity index (χ2v) is 4.49. The summed E-state index contributed by atoms with van der Waals surface area (Å²) in [6, 6.07) is 1.41. The molecule has 5 heteroatoms. The lowest BCUT2D eigenvalue weighted by Crippen LogP contribution is -2.45. The largest absolute Gasteiger partial charge is 0.480 e. The number of rotatable bonds is 2. The van der Waals surface area contributed by atoms with Crippen molar-refractivity contribution in [2.45, 2.75) is 39.2 Å². The van der Waals surface area contributed by atoms with Gasteiger partial charge in [0.1, 0.15) is 6.04 Å². The fourth-order valence-corrected chi connectivity index (χ4v) is 2.26. The molecule has 2 heterocycles. The van der Waals surface area contributed by atoms with E-state index in [1.165, 1.54) is 0 Å². The second kappa shape index (κ2) is 4.69. The summed E-state index contributed by atoms with van der Waals surface area (Å²) in [5, 5.41) is 9.21. The molecule has 1 aromatic rings. The molecule has 0 aromatic carbocycles. The number of aliphatic carboxylic acids is 1.